The van der Waals surface area contributed by atoms with E-state index in [1.807, 2.05) is 60.7 Å². The first-order valence-electron chi connectivity index (χ1n) is 28.6. The zero-order chi connectivity index (χ0) is 55.9. The van der Waals surface area contributed by atoms with Gasteiger partial charge < -0.3 is 14.2 Å². The SMILES string of the molecule is CCCCCc1cc2c3c(c1)N(c1ccc(C4=N[N+]5=NC(c6ccccc6)=NC6=NC(c7ccccc7)=NC(=N4)N65)cc1)c1c(oc(-c4ccccc4)c1-c1ccccc1)B3c1cc(C(C)(C)C)ccc1N2c1ccc(C(C)(C)C)cc1. The van der Waals surface area contributed by atoms with Crippen LogP contribution in [0.3, 0.4) is 0 Å². The molecule has 11 nitrogen and oxygen atoms in total. The molecule has 12 heteroatoms. The molecule has 9 aromatic rings. The first kappa shape index (κ1) is 50.7. The lowest BCUT2D eigenvalue weighted by Crippen LogP contribution is -2.61. The van der Waals surface area contributed by atoms with Gasteiger partial charge in [0, 0.05) is 55.7 Å². The van der Waals surface area contributed by atoms with Crippen LogP contribution < -0.4 is 26.4 Å². The number of hydrogen-bond donors (Lipinski definition) is 0. The molecule has 14 rings (SSSR count). The minimum Gasteiger partial charge on any atom is -0.467 e. The molecule has 0 unspecified atom stereocenters. The predicted molar refractivity (Wildman–Crippen MR) is 336 cm³/mol. The molecule has 5 aliphatic rings. The number of unbranched alkanes of at least 4 members (excludes halogenated alkanes) is 2. The Hall–Kier alpha value is -9.55. The summed E-state index contributed by atoms with van der Waals surface area (Å²) >= 11 is 0. The van der Waals surface area contributed by atoms with Gasteiger partial charge in [-0.05, 0) is 111 Å². The van der Waals surface area contributed by atoms with E-state index in [9.17, 15) is 0 Å². The Kier molecular flexibility index (Phi) is 12.3. The van der Waals surface area contributed by atoms with Crippen LogP contribution in [0.4, 0.5) is 34.1 Å². The molecule has 0 bridgehead atoms. The summed E-state index contributed by atoms with van der Waals surface area (Å²) in [6.45, 7) is 15.8. The number of furan rings is 1. The number of hydrazine groups is 1. The number of anilines is 6. The fourth-order valence-corrected chi connectivity index (χ4v) is 11.9. The number of hydrazone groups is 1. The van der Waals surface area contributed by atoms with Crippen LogP contribution in [-0.2, 0) is 17.3 Å². The number of guanidine groups is 2. The summed E-state index contributed by atoms with van der Waals surface area (Å²) in [4.78, 5) is 26.5. The lowest BCUT2D eigenvalue weighted by atomic mass is 9.35. The number of hydrogen-bond acceptors (Lipinski definition) is 10. The standard InChI is InChI=1S/C70H62BN10O/c1-8-9-14-23-45-42-57-60-58(43-45)79(54-37-32-50(33-38-54)66-75-68-73-64(48-28-19-12-20-29-48)72-67-74-65(49-30-21-13-22-31-49)76-81(77-66)80(67)68)61-59(46-24-15-10-16-25-46)62(47-26-17-11-18-27-47)82-63(61)71(60)55-44-52(70(5,6)7)36-41-56(55)78(57)53-39-34-51(35-40-53)69(2,3)4/h10-13,15-22,24-44H,8-9,14,23H2,1-7H3/q+1. The Labute approximate surface area is 479 Å². The molecular weight excluding hydrogens is 1010 g/mol. The molecule has 8 aromatic carbocycles. The van der Waals surface area contributed by atoms with Crippen molar-refractivity contribution in [3.05, 3.63) is 234 Å². The van der Waals surface area contributed by atoms with Gasteiger partial charge in [-0.2, -0.15) is 20.0 Å². The van der Waals surface area contributed by atoms with E-state index in [2.05, 4.69) is 198 Å². The van der Waals surface area contributed by atoms with Crippen molar-refractivity contribution in [3.8, 4) is 22.5 Å². The normalized spacial score (nSPS) is 15.1. The molecule has 5 aliphatic heterocycles. The van der Waals surface area contributed by atoms with Crippen LogP contribution in [0.5, 0.6) is 0 Å². The van der Waals surface area contributed by atoms with E-state index >= 15 is 0 Å². The van der Waals surface area contributed by atoms with Crippen LogP contribution in [0.1, 0.15) is 101 Å². The van der Waals surface area contributed by atoms with Crippen LogP contribution in [0, 0.1) is 0 Å². The third-order valence-corrected chi connectivity index (χ3v) is 16.2. The molecule has 0 spiro atoms. The van der Waals surface area contributed by atoms with Crippen molar-refractivity contribution in [2.75, 3.05) is 9.80 Å². The zero-order valence-electron chi connectivity index (χ0n) is 47.3. The molecule has 1 aromatic heterocycles. The molecule has 0 saturated carbocycles. The van der Waals surface area contributed by atoms with E-state index in [0.717, 1.165) is 105 Å². The van der Waals surface area contributed by atoms with Gasteiger partial charge in [0.15, 0.2) is 10.8 Å². The Morgan fingerprint density at radius 1 is 0.488 bits per heavy atom. The molecule has 0 amide bonds. The number of fused-ring (bicyclic) bond motifs is 4. The van der Waals surface area contributed by atoms with Crippen molar-refractivity contribution in [1.82, 2.24) is 5.01 Å². The monoisotopic (exact) mass is 1070 g/mol. The molecule has 0 N–H and O–H groups in total. The van der Waals surface area contributed by atoms with E-state index in [4.69, 9.17) is 34.6 Å². The highest BCUT2D eigenvalue weighted by Gasteiger charge is 2.49. The Morgan fingerprint density at radius 3 is 1.63 bits per heavy atom. The smallest absolute Gasteiger partial charge is 0.302 e. The highest BCUT2D eigenvalue weighted by Crippen LogP contribution is 2.51. The van der Waals surface area contributed by atoms with Crippen molar-refractivity contribution in [2.45, 2.75) is 85.0 Å². The summed E-state index contributed by atoms with van der Waals surface area (Å²) in [7, 11) is 0. The summed E-state index contributed by atoms with van der Waals surface area (Å²) in [5.41, 5.74) is 19.2. The van der Waals surface area contributed by atoms with Gasteiger partial charge in [-0.3, -0.25) is 0 Å². The third-order valence-electron chi connectivity index (χ3n) is 16.2. The second-order valence-corrected chi connectivity index (χ2v) is 23.8. The fraction of sp³-hybridized carbons (Fsp3) is 0.186. The Bertz CT molecular complexity index is 4130. The second-order valence-electron chi connectivity index (χ2n) is 23.8. The maximum absolute atomic E-state index is 7.70. The predicted octanol–water partition coefficient (Wildman–Crippen LogP) is 15.0. The number of benzene rings is 8. The third kappa shape index (κ3) is 8.81. The quantitative estimate of drug-likeness (QED) is 0.0732. The Morgan fingerprint density at radius 2 is 1.01 bits per heavy atom. The van der Waals surface area contributed by atoms with Crippen LogP contribution >= 0.6 is 0 Å². The van der Waals surface area contributed by atoms with Crippen LogP contribution in [-0.4, -0.2) is 46.1 Å². The van der Waals surface area contributed by atoms with Crippen molar-refractivity contribution in [1.29, 1.82) is 0 Å². The maximum atomic E-state index is 7.70. The van der Waals surface area contributed by atoms with E-state index in [1.165, 1.54) is 32.5 Å². The van der Waals surface area contributed by atoms with Gasteiger partial charge in [-0.25, -0.2) is 0 Å². The van der Waals surface area contributed by atoms with Crippen molar-refractivity contribution in [2.24, 2.45) is 30.2 Å². The molecule has 0 fully saturated rings. The summed E-state index contributed by atoms with van der Waals surface area (Å²) in [6, 6.07) is 71.2. The van der Waals surface area contributed by atoms with Crippen molar-refractivity contribution < 1.29 is 9.33 Å². The number of rotatable bonds is 11. The van der Waals surface area contributed by atoms with Gasteiger partial charge >= 0.3 is 11.9 Å². The number of aryl methyl sites for hydroxylation is 1. The van der Waals surface area contributed by atoms with Crippen LogP contribution in [0.25, 0.3) is 22.5 Å². The molecule has 82 heavy (non-hydrogen) atoms. The van der Waals surface area contributed by atoms with Crippen LogP contribution in [0.15, 0.2) is 235 Å². The fourth-order valence-electron chi connectivity index (χ4n) is 11.9. The van der Waals surface area contributed by atoms with Crippen LogP contribution in [0.2, 0.25) is 0 Å². The molecule has 0 radical (unpaired) electrons. The summed E-state index contributed by atoms with van der Waals surface area (Å²) in [5, 5.41) is 11.7. The summed E-state index contributed by atoms with van der Waals surface area (Å²) < 4.78 is 7.70. The summed E-state index contributed by atoms with van der Waals surface area (Å²) in [6.07, 6.45) is 4.29. The van der Waals surface area contributed by atoms with Gasteiger partial charge in [0.05, 0.1) is 27.1 Å². The van der Waals surface area contributed by atoms with Crippen molar-refractivity contribution in [3.63, 3.8) is 0 Å². The van der Waals surface area contributed by atoms with E-state index in [1.54, 1.807) is 5.01 Å². The number of aliphatic imine (C=N–C) groups is 4. The first-order valence-corrected chi connectivity index (χ1v) is 28.6. The topological polar surface area (TPSA) is 100 Å². The molecule has 0 atom stereocenters. The maximum Gasteiger partial charge on any atom is 0.302 e. The molecular formula is C70H62BN10O+. The lowest BCUT2D eigenvalue weighted by Gasteiger charge is -2.43. The molecule has 0 aliphatic carbocycles. The van der Waals surface area contributed by atoms with Gasteiger partial charge in [0.2, 0.25) is 11.7 Å². The molecule has 400 valence electrons. The average molecular weight is 1070 g/mol. The highest BCUT2D eigenvalue weighted by molar-refractivity contribution is 6.99. The lowest BCUT2D eigenvalue weighted by molar-refractivity contribution is -0.705. The first-order chi connectivity index (χ1) is 39.9. The van der Waals surface area contributed by atoms with E-state index in [0.29, 0.717) is 29.4 Å². The largest absolute Gasteiger partial charge is 0.467 e. The van der Waals surface area contributed by atoms with Gasteiger partial charge in [0.1, 0.15) is 5.76 Å². The van der Waals surface area contributed by atoms with Gasteiger partial charge in [-0.1, -0.05) is 207 Å². The highest BCUT2D eigenvalue weighted by atomic mass is 16.3. The van der Waals surface area contributed by atoms with Gasteiger partial charge in [-0.15, -0.1) is 0 Å². The van der Waals surface area contributed by atoms with Gasteiger partial charge in [0.25, 0.3) is 6.71 Å². The minimum atomic E-state index is -0.249. The molecule has 0 saturated heterocycles. The van der Waals surface area contributed by atoms with E-state index < -0.39 is 0 Å². The number of amidine groups is 3. The average Bonchev–Trinajstić information content (AvgIpc) is 2.30. The zero-order valence-corrected chi connectivity index (χ0v) is 47.3. The Balaban J connectivity index is 1.00. The van der Waals surface area contributed by atoms with Crippen molar-refractivity contribution >= 4 is 86.8 Å². The molecule has 6 heterocycles. The second kappa shape index (κ2) is 19.9. The number of nitrogens with zero attached hydrogens (tertiary/aromatic N) is 10. The van der Waals surface area contributed by atoms with E-state index in [-0.39, 0.29) is 17.5 Å². The minimum absolute atomic E-state index is 0.00338. The summed E-state index contributed by atoms with van der Waals surface area (Å²) in [5.74, 6) is 2.99.